The average molecular weight is 316 g/mol. The highest BCUT2D eigenvalue weighted by Crippen LogP contribution is 2.36. The van der Waals surface area contributed by atoms with E-state index >= 15 is 0 Å². The van der Waals surface area contributed by atoms with Crippen molar-refractivity contribution in [3.8, 4) is 0 Å². The van der Waals surface area contributed by atoms with E-state index in [1.807, 2.05) is 7.11 Å². The van der Waals surface area contributed by atoms with Gasteiger partial charge < -0.3 is 9.47 Å². The molecule has 1 heterocycles. The zero-order chi connectivity index (χ0) is 16.1. The van der Waals surface area contributed by atoms with Crippen LogP contribution in [-0.4, -0.2) is 25.9 Å². The van der Waals surface area contributed by atoms with Gasteiger partial charge in [0.05, 0.1) is 18.8 Å². The van der Waals surface area contributed by atoms with Gasteiger partial charge in [-0.25, -0.2) is 0 Å². The van der Waals surface area contributed by atoms with E-state index < -0.39 is 0 Å². The minimum absolute atomic E-state index is 0.489. The summed E-state index contributed by atoms with van der Waals surface area (Å²) in [5.74, 6) is 1.35. The number of methoxy groups -OCH3 is 1. The second-order valence-corrected chi connectivity index (χ2v) is 7.41. The largest absolute Gasteiger partial charge is 0.381 e. The number of ether oxygens (including phenoxy) is 2. The molecular formula is C21H32O2. The summed E-state index contributed by atoms with van der Waals surface area (Å²) in [6.07, 6.45) is 10.9. The van der Waals surface area contributed by atoms with Crippen LogP contribution in [0.4, 0.5) is 0 Å². The van der Waals surface area contributed by atoms with E-state index in [1.54, 1.807) is 0 Å². The Kier molecular flexibility index (Phi) is 6.13. The van der Waals surface area contributed by atoms with Crippen molar-refractivity contribution in [1.29, 1.82) is 0 Å². The highest BCUT2D eigenvalue weighted by molar-refractivity contribution is 5.26. The predicted molar refractivity (Wildman–Crippen MR) is 94.9 cm³/mol. The number of benzene rings is 1. The normalized spacial score (nSPS) is 31.9. The first-order chi connectivity index (χ1) is 11.3. The molecule has 3 rings (SSSR count). The number of hydrogen-bond donors (Lipinski definition) is 0. The molecule has 2 nitrogen and oxygen atoms in total. The highest BCUT2D eigenvalue weighted by atomic mass is 16.5. The van der Waals surface area contributed by atoms with Crippen molar-refractivity contribution in [1.82, 2.24) is 0 Å². The third-order valence-corrected chi connectivity index (χ3v) is 5.88. The SMILES string of the molecule is CCCc1ccc(C2CCC(C3CCC(OC)CC3)OC2)cc1. The van der Waals surface area contributed by atoms with Crippen molar-refractivity contribution in [2.24, 2.45) is 5.92 Å². The number of aryl methyl sites for hydroxylation is 1. The summed E-state index contributed by atoms with van der Waals surface area (Å²) in [6, 6.07) is 9.25. The van der Waals surface area contributed by atoms with Gasteiger partial charge in [0.1, 0.15) is 0 Å². The number of rotatable bonds is 5. The number of hydrogen-bond acceptors (Lipinski definition) is 2. The van der Waals surface area contributed by atoms with Crippen molar-refractivity contribution < 1.29 is 9.47 Å². The first kappa shape index (κ1) is 17.0. The smallest absolute Gasteiger partial charge is 0.0603 e. The summed E-state index contributed by atoms with van der Waals surface area (Å²) in [5, 5.41) is 0. The Morgan fingerprint density at radius 1 is 1.00 bits per heavy atom. The molecule has 1 saturated heterocycles. The molecule has 128 valence electrons. The van der Waals surface area contributed by atoms with Gasteiger partial charge in [-0.2, -0.15) is 0 Å². The summed E-state index contributed by atoms with van der Waals surface area (Å²) in [5.41, 5.74) is 2.92. The molecule has 23 heavy (non-hydrogen) atoms. The van der Waals surface area contributed by atoms with E-state index in [4.69, 9.17) is 9.47 Å². The van der Waals surface area contributed by atoms with Gasteiger partial charge in [-0.1, -0.05) is 37.6 Å². The molecule has 0 amide bonds. The van der Waals surface area contributed by atoms with Crippen molar-refractivity contribution in [3.63, 3.8) is 0 Å². The van der Waals surface area contributed by atoms with E-state index in [-0.39, 0.29) is 0 Å². The maximum Gasteiger partial charge on any atom is 0.0603 e. The minimum atomic E-state index is 0.489. The van der Waals surface area contributed by atoms with Crippen LogP contribution in [0.1, 0.15) is 68.9 Å². The molecule has 1 aliphatic carbocycles. The Morgan fingerprint density at radius 3 is 2.30 bits per heavy atom. The van der Waals surface area contributed by atoms with Gasteiger partial charge >= 0.3 is 0 Å². The minimum Gasteiger partial charge on any atom is -0.381 e. The summed E-state index contributed by atoms with van der Waals surface area (Å²) < 4.78 is 11.8. The lowest BCUT2D eigenvalue weighted by Gasteiger charge is -2.37. The van der Waals surface area contributed by atoms with Crippen molar-refractivity contribution >= 4 is 0 Å². The third-order valence-electron chi connectivity index (χ3n) is 5.88. The van der Waals surface area contributed by atoms with Crippen LogP contribution in [-0.2, 0) is 15.9 Å². The predicted octanol–water partition coefficient (Wildman–Crippen LogP) is 5.11. The van der Waals surface area contributed by atoms with Crippen LogP contribution in [0.5, 0.6) is 0 Å². The van der Waals surface area contributed by atoms with Crippen molar-refractivity contribution in [2.45, 2.75) is 76.4 Å². The maximum absolute atomic E-state index is 6.29. The van der Waals surface area contributed by atoms with Gasteiger partial charge in [-0.3, -0.25) is 0 Å². The van der Waals surface area contributed by atoms with Crippen LogP contribution in [0.3, 0.4) is 0 Å². The maximum atomic E-state index is 6.29. The molecule has 0 aromatic heterocycles. The van der Waals surface area contributed by atoms with E-state index in [0.29, 0.717) is 18.1 Å². The second-order valence-electron chi connectivity index (χ2n) is 7.41. The van der Waals surface area contributed by atoms with Crippen molar-refractivity contribution in [2.75, 3.05) is 13.7 Å². The third kappa shape index (κ3) is 4.36. The monoisotopic (exact) mass is 316 g/mol. The standard InChI is InChI=1S/C21H32O2/c1-3-4-16-5-7-17(8-6-16)19-11-14-21(23-15-19)18-9-12-20(22-2)13-10-18/h5-8,18-21H,3-4,9-15H2,1-2H3. The zero-order valence-electron chi connectivity index (χ0n) is 14.8. The van der Waals surface area contributed by atoms with Gasteiger partial charge in [0, 0.05) is 13.0 Å². The molecule has 2 atom stereocenters. The fraction of sp³-hybridized carbons (Fsp3) is 0.714. The van der Waals surface area contributed by atoms with E-state index in [1.165, 1.54) is 62.5 Å². The van der Waals surface area contributed by atoms with Crippen LogP contribution >= 0.6 is 0 Å². The quantitative estimate of drug-likeness (QED) is 0.752. The molecule has 2 aliphatic rings. The second kappa shape index (κ2) is 8.30. The van der Waals surface area contributed by atoms with Crippen LogP contribution in [0.15, 0.2) is 24.3 Å². The van der Waals surface area contributed by atoms with Gasteiger partial charge in [0.2, 0.25) is 0 Å². The van der Waals surface area contributed by atoms with E-state index in [0.717, 1.165) is 12.5 Å². The highest BCUT2D eigenvalue weighted by Gasteiger charge is 2.32. The molecule has 1 aromatic carbocycles. The fourth-order valence-electron chi connectivity index (χ4n) is 4.35. The first-order valence-electron chi connectivity index (χ1n) is 9.53. The fourth-order valence-corrected chi connectivity index (χ4v) is 4.35. The van der Waals surface area contributed by atoms with Crippen molar-refractivity contribution in [3.05, 3.63) is 35.4 Å². The van der Waals surface area contributed by atoms with Gasteiger partial charge in [0.25, 0.3) is 0 Å². The van der Waals surface area contributed by atoms with Crippen LogP contribution in [0.25, 0.3) is 0 Å². The Hall–Kier alpha value is -0.860. The Balaban J connectivity index is 1.48. The molecule has 2 heteroatoms. The lowest BCUT2D eigenvalue weighted by Crippen LogP contribution is -2.34. The Bertz CT molecular complexity index is 451. The van der Waals surface area contributed by atoms with E-state index in [9.17, 15) is 0 Å². The van der Waals surface area contributed by atoms with Crippen LogP contribution in [0, 0.1) is 5.92 Å². The lowest BCUT2D eigenvalue weighted by molar-refractivity contribution is -0.0532. The Morgan fingerprint density at radius 2 is 1.74 bits per heavy atom. The lowest BCUT2D eigenvalue weighted by atomic mass is 9.79. The van der Waals surface area contributed by atoms with Gasteiger partial charge in [-0.15, -0.1) is 0 Å². The summed E-state index contributed by atoms with van der Waals surface area (Å²) in [7, 11) is 1.85. The molecule has 2 unspecified atom stereocenters. The topological polar surface area (TPSA) is 18.5 Å². The van der Waals surface area contributed by atoms with Gasteiger partial charge in [-0.05, 0) is 62.0 Å². The summed E-state index contributed by atoms with van der Waals surface area (Å²) >= 11 is 0. The molecule has 0 bridgehead atoms. The summed E-state index contributed by atoms with van der Waals surface area (Å²) in [6.45, 7) is 3.14. The Labute approximate surface area is 141 Å². The molecule has 1 aromatic rings. The molecule has 0 N–H and O–H groups in total. The first-order valence-corrected chi connectivity index (χ1v) is 9.53. The zero-order valence-corrected chi connectivity index (χ0v) is 14.8. The van der Waals surface area contributed by atoms with E-state index in [2.05, 4.69) is 31.2 Å². The molecular weight excluding hydrogens is 284 g/mol. The molecule has 0 radical (unpaired) electrons. The molecule has 1 saturated carbocycles. The van der Waals surface area contributed by atoms with Gasteiger partial charge in [0.15, 0.2) is 0 Å². The molecule has 0 spiro atoms. The molecule has 2 fully saturated rings. The van der Waals surface area contributed by atoms with Crippen LogP contribution in [0.2, 0.25) is 0 Å². The summed E-state index contributed by atoms with van der Waals surface area (Å²) in [4.78, 5) is 0. The van der Waals surface area contributed by atoms with Crippen LogP contribution < -0.4 is 0 Å². The average Bonchev–Trinajstić information content (AvgIpc) is 2.63. The molecule has 1 aliphatic heterocycles.